The highest BCUT2D eigenvalue weighted by atomic mass is 79.9. The quantitative estimate of drug-likeness (QED) is 0.701. The molecule has 2 unspecified atom stereocenters. The Labute approximate surface area is 160 Å². The van der Waals surface area contributed by atoms with Gasteiger partial charge in [0.25, 0.3) is 0 Å². The number of benzene rings is 1. The lowest BCUT2D eigenvalue weighted by atomic mass is 9.92. The molecular formula is C17H23BrClNO5. The molecule has 2 atom stereocenters. The average Bonchev–Trinajstić information content (AvgIpc) is 2.49. The van der Waals surface area contributed by atoms with Crippen molar-refractivity contribution in [1.29, 1.82) is 0 Å². The lowest BCUT2D eigenvalue weighted by molar-refractivity contribution is -0.159. The van der Waals surface area contributed by atoms with E-state index >= 15 is 0 Å². The molecule has 0 radical (unpaired) electrons. The summed E-state index contributed by atoms with van der Waals surface area (Å²) in [4.78, 5) is 20.7. The zero-order valence-electron chi connectivity index (χ0n) is 14.2. The predicted molar refractivity (Wildman–Crippen MR) is 99.3 cm³/mol. The number of hydrogen-bond acceptors (Lipinski definition) is 4. The summed E-state index contributed by atoms with van der Waals surface area (Å²) in [5.41, 5.74) is 0. The standard InChI is InChI=1S/C15H21BrClNO.C2H2O4/c1-11-7-12(2)10-18(9-11)5-6-19-15-4-3-13(16)8-14(15)17;3-1(4)2(5)6/h3-4,8,11-12H,5-7,9-10H2,1-2H3;(H,3,4)(H,5,6). The van der Waals surface area contributed by atoms with Crippen LogP contribution < -0.4 is 4.74 Å². The van der Waals surface area contributed by atoms with Gasteiger partial charge in [0, 0.05) is 24.1 Å². The van der Waals surface area contributed by atoms with E-state index in [0.717, 1.165) is 28.6 Å². The molecule has 6 nitrogen and oxygen atoms in total. The van der Waals surface area contributed by atoms with Gasteiger partial charge in [-0.05, 0) is 36.5 Å². The molecule has 0 amide bonds. The summed E-state index contributed by atoms with van der Waals surface area (Å²) in [6, 6.07) is 5.72. The Morgan fingerprint density at radius 2 is 1.80 bits per heavy atom. The summed E-state index contributed by atoms with van der Waals surface area (Å²) >= 11 is 9.52. The van der Waals surface area contributed by atoms with Gasteiger partial charge in [-0.1, -0.05) is 41.4 Å². The first-order valence-electron chi connectivity index (χ1n) is 7.95. The SMILES string of the molecule is CC1CC(C)CN(CCOc2ccc(Br)cc2Cl)C1.O=C(O)C(=O)O. The van der Waals surface area contributed by atoms with E-state index in [9.17, 15) is 0 Å². The topological polar surface area (TPSA) is 87.1 Å². The number of nitrogens with zero attached hydrogens (tertiary/aromatic N) is 1. The van der Waals surface area contributed by atoms with E-state index < -0.39 is 11.9 Å². The summed E-state index contributed by atoms with van der Waals surface area (Å²) in [6.45, 7) is 8.69. The molecule has 1 saturated heterocycles. The van der Waals surface area contributed by atoms with Crippen molar-refractivity contribution in [2.24, 2.45) is 11.8 Å². The first-order chi connectivity index (χ1) is 11.7. The maximum Gasteiger partial charge on any atom is 0.414 e. The van der Waals surface area contributed by atoms with Crippen LogP contribution in [-0.2, 0) is 9.59 Å². The number of ether oxygens (including phenoxy) is 1. The summed E-state index contributed by atoms with van der Waals surface area (Å²) in [5, 5.41) is 15.4. The van der Waals surface area contributed by atoms with Crippen LogP contribution in [0.3, 0.4) is 0 Å². The molecule has 0 bridgehead atoms. The maximum absolute atomic E-state index is 9.10. The van der Waals surface area contributed by atoms with Gasteiger partial charge in [-0.25, -0.2) is 9.59 Å². The molecule has 1 aromatic rings. The Hall–Kier alpha value is -1.31. The van der Waals surface area contributed by atoms with Gasteiger partial charge < -0.3 is 14.9 Å². The van der Waals surface area contributed by atoms with Gasteiger partial charge in [-0.15, -0.1) is 0 Å². The number of halogens is 2. The van der Waals surface area contributed by atoms with E-state index in [1.165, 1.54) is 19.5 Å². The smallest absolute Gasteiger partial charge is 0.414 e. The summed E-state index contributed by atoms with van der Waals surface area (Å²) in [5.74, 6) is -1.30. The highest BCUT2D eigenvalue weighted by Gasteiger charge is 2.21. The van der Waals surface area contributed by atoms with Crippen molar-refractivity contribution in [1.82, 2.24) is 4.90 Å². The monoisotopic (exact) mass is 435 g/mol. The third-order valence-corrected chi connectivity index (χ3v) is 4.48. The van der Waals surface area contributed by atoms with Crippen LogP contribution in [0.1, 0.15) is 20.3 Å². The molecule has 2 N–H and O–H groups in total. The van der Waals surface area contributed by atoms with Gasteiger partial charge in [0.1, 0.15) is 12.4 Å². The lowest BCUT2D eigenvalue weighted by Gasteiger charge is -2.34. The molecule has 8 heteroatoms. The maximum atomic E-state index is 9.10. The number of piperidine rings is 1. The third kappa shape index (κ3) is 8.56. The van der Waals surface area contributed by atoms with E-state index in [4.69, 9.17) is 36.1 Å². The second-order valence-electron chi connectivity index (χ2n) is 6.24. The van der Waals surface area contributed by atoms with Crippen LogP contribution in [0.15, 0.2) is 22.7 Å². The van der Waals surface area contributed by atoms with Crippen LogP contribution in [0.4, 0.5) is 0 Å². The van der Waals surface area contributed by atoms with Gasteiger partial charge in [0.15, 0.2) is 0 Å². The van der Waals surface area contributed by atoms with E-state index in [1.54, 1.807) is 0 Å². The molecule has 0 aromatic heterocycles. The molecule has 25 heavy (non-hydrogen) atoms. The van der Waals surface area contributed by atoms with Gasteiger partial charge in [0.05, 0.1) is 5.02 Å². The first kappa shape index (κ1) is 21.7. The molecule has 1 aliphatic rings. The Morgan fingerprint density at radius 3 is 2.28 bits per heavy atom. The number of carboxylic acids is 2. The van der Waals surface area contributed by atoms with Crippen LogP contribution in [0.25, 0.3) is 0 Å². The van der Waals surface area contributed by atoms with Gasteiger partial charge in [-0.3, -0.25) is 4.90 Å². The third-order valence-electron chi connectivity index (χ3n) is 3.69. The lowest BCUT2D eigenvalue weighted by Crippen LogP contribution is -2.40. The van der Waals surface area contributed by atoms with Crippen molar-refractivity contribution >= 4 is 39.5 Å². The van der Waals surface area contributed by atoms with Crippen LogP contribution in [-0.4, -0.2) is 53.3 Å². The highest BCUT2D eigenvalue weighted by molar-refractivity contribution is 9.10. The first-order valence-corrected chi connectivity index (χ1v) is 9.12. The van der Waals surface area contributed by atoms with Crippen molar-refractivity contribution in [3.05, 3.63) is 27.7 Å². The molecule has 1 heterocycles. The molecule has 2 rings (SSSR count). The van der Waals surface area contributed by atoms with E-state index in [1.807, 2.05) is 18.2 Å². The Morgan fingerprint density at radius 1 is 1.24 bits per heavy atom. The molecular weight excluding hydrogens is 414 g/mol. The second-order valence-corrected chi connectivity index (χ2v) is 7.56. The normalized spacial score (nSPS) is 20.3. The minimum atomic E-state index is -1.82. The van der Waals surface area contributed by atoms with E-state index in [0.29, 0.717) is 11.6 Å². The van der Waals surface area contributed by atoms with Gasteiger partial charge >= 0.3 is 11.9 Å². The number of rotatable bonds is 4. The molecule has 0 aliphatic carbocycles. The Bertz CT molecular complexity index is 576. The van der Waals surface area contributed by atoms with Crippen LogP contribution >= 0.6 is 27.5 Å². The van der Waals surface area contributed by atoms with Gasteiger partial charge in [0.2, 0.25) is 0 Å². The minimum Gasteiger partial charge on any atom is -0.491 e. The summed E-state index contributed by atoms with van der Waals surface area (Å²) < 4.78 is 6.75. The van der Waals surface area contributed by atoms with Gasteiger partial charge in [-0.2, -0.15) is 0 Å². The van der Waals surface area contributed by atoms with Crippen LogP contribution in [0.5, 0.6) is 5.75 Å². The average molecular weight is 437 g/mol. The zero-order chi connectivity index (χ0) is 19.0. The fourth-order valence-corrected chi connectivity index (χ4v) is 3.58. The Kier molecular flexibility index (Phi) is 9.24. The number of likely N-dealkylation sites (tertiary alicyclic amines) is 1. The number of aliphatic carboxylic acids is 2. The summed E-state index contributed by atoms with van der Waals surface area (Å²) in [6.07, 6.45) is 1.34. The zero-order valence-corrected chi connectivity index (χ0v) is 16.6. The molecule has 1 fully saturated rings. The number of hydrogen-bond donors (Lipinski definition) is 2. The van der Waals surface area contributed by atoms with Crippen LogP contribution in [0, 0.1) is 11.8 Å². The van der Waals surface area contributed by atoms with E-state index in [2.05, 4.69) is 34.7 Å². The fraction of sp³-hybridized carbons (Fsp3) is 0.529. The molecule has 1 aromatic carbocycles. The number of carbonyl (C=O) groups is 2. The van der Waals surface area contributed by atoms with Crippen molar-refractivity contribution in [3.8, 4) is 5.75 Å². The fourth-order valence-electron chi connectivity index (χ4n) is 2.85. The molecule has 1 aliphatic heterocycles. The van der Waals surface area contributed by atoms with Crippen molar-refractivity contribution in [2.75, 3.05) is 26.2 Å². The van der Waals surface area contributed by atoms with Crippen molar-refractivity contribution < 1.29 is 24.5 Å². The minimum absolute atomic E-state index is 0.662. The Balaban J connectivity index is 0.000000450. The predicted octanol–water partition coefficient (Wildman–Crippen LogP) is 3.61. The molecule has 0 spiro atoms. The largest absolute Gasteiger partial charge is 0.491 e. The molecule has 140 valence electrons. The molecule has 0 saturated carbocycles. The van der Waals surface area contributed by atoms with Crippen molar-refractivity contribution in [3.63, 3.8) is 0 Å². The number of carboxylic acid groups (broad SMARTS) is 2. The summed E-state index contributed by atoms with van der Waals surface area (Å²) in [7, 11) is 0. The second kappa shape index (κ2) is 10.6. The highest BCUT2D eigenvalue weighted by Crippen LogP contribution is 2.28. The van der Waals surface area contributed by atoms with E-state index in [-0.39, 0.29) is 0 Å². The van der Waals surface area contributed by atoms with Crippen LogP contribution in [0.2, 0.25) is 5.02 Å². The van der Waals surface area contributed by atoms with Crippen molar-refractivity contribution in [2.45, 2.75) is 20.3 Å².